The molecule has 1 aromatic rings. The summed E-state index contributed by atoms with van der Waals surface area (Å²) in [5, 5.41) is 10.9. The second-order valence-corrected chi connectivity index (χ2v) is 3.71. The number of rotatable bonds is 3. The highest BCUT2D eigenvalue weighted by Crippen LogP contribution is 2.19. The van der Waals surface area contributed by atoms with Gasteiger partial charge in [-0.2, -0.15) is 13.2 Å². The molecule has 3 nitrogen and oxygen atoms in total. The van der Waals surface area contributed by atoms with Gasteiger partial charge in [-0.05, 0) is 18.2 Å². The molecule has 0 aliphatic heterocycles. The summed E-state index contributed by atoms with van der Waals surface area (Å²) in [5.74, 6) is -0.726. The van der Waals surface area contributed by atoms with Crippen LogP contribution in [0.1, 0.15) is 10.4 Å². The standard InChI is InChI=1S/C10H9ClF3NO2/c11-7-3-1-2-6(4-7)9(17)15-5-8(16)10(12,13)14/h1-4,8,16H,5H2,(H,15,17). The number of nitrogens with one attached hydrogen (secondary N) is 1. The van der Waals surface area contributed by atoms with Gasteiger partial charge in [-0.25, -0.2) is 0 Å². The van der Waals surface area contributed by atoms with Crippen LogP contribution in [0.2, 0.25) is 5.02 Å². The summed E-state index contributed by atoms with van der Waals surface area (Å²) in [6.07, 6.45) is -7.33. The summed E-state index contributed by atoms with van der Waals surface area (Å²) in [7, 11) is 0. The van der Waals surface area contributed by atoms with E-state index < -0.39 is 24.7 Å². The topological polar surface area (TPSA) is 49.3 Å². The number of hydrogen-bond acceptors (Lipinski definition) is 2. The van der Waals surface area contributed by atoms with Crippen molar-refractivity contribution in [1.29, 1.82) is 0 Å². The second kappa shape index (κ2) is 5.37. The van der Waals surface area contributed by atoms with Crippen LogP contribution in [0, 0.1) is 0 Å². The summed E-state index contributed by atoms with van der Waals surface area (Å²) in [5.41, 5.74) is 0.131. The average molecular weight is 268 g/mol. The van der Waals surface area contributed by atoms with Crippen molar-refractivity contribution in [3.63, 3.8) is 0 Å². The minimum atomic E-state index is -4.75. The average Bonchev–Trinajstić information content (AvgIpc) is 2.24. The van der Waals surface area contributed by atoms with Gasteiger partial charge in [0.1, 0.15) is 0 Å². The Labute approximate surface area is 100 Å². The molecule has 0 saturated carbocycles. The quantitative estimate of drug-likeness (QED) is 0.880. The van der Waals surface area contributed by atoms with Crippen molar-refractivity contribution in [3.05, 3.63) is 34.9 Å². The molecular formula is C10H9ClF3NO2. The van der Waals surface area contributed by atoms with Gasteiger partial charge in [-0.1, -0.05) is 17.7 Å². The Morgan fingerprint density at radius 3 is 2.65 bits per heavy atom. The highest BCUT2D eigenvalue weighted by atomic mass is 35.5. The number of amides is 1. The minimum absolute atomic E-state index is 0.131. The summed E-state index contributed by atoms with van der Waals surface area (Å²) in [6, 6.07) is 5.75. The van der Waals surface area contributed by atoms with Gasteiger partial charge < -0.3 is 10.4 Å². The number of halogens is 4. The Bertz CT molecular complexity index is 409. The molecule has 0 radical (unpaired) electrons. The van der Waals surface area contributed by atoms with Crippen molar-refractivity contribution in [2.24, 2.45) is 0 Å². The molecule has 17 heavy (non-hydrogen) atoms. The Balaban J connectivity index is 2.57. The third-order valence-corrected chi connectivity index (χ3v) is 2.16. The van der Waals surface area contributed by atoms with Crippen molar-refractivity contribution in [3.8, 4) is 0 Å². The normalized spacial score (nSPS) is 13.2. The summed E-state index contributed by atoms with van der Waals surface area (Å²) < 4.78 is 35.8. The molecule has 2 N–H and O–H groups in total. The zero-order valence-corrected chi connectivity index (χ0v) is 9.22. The smallest absolute Gasteiger partial charge is 0.382 e. The largest absolute Gasteiger partial charge is 0.416 e. The maximum atomic E-state index is 11.9. The highest BCUT2D eigenvalue weighted by Gasteiger charge is 2.38. The van der Waals surface area contributed by atoms with Crippen LogP contribution in [-0.4, -0.2) is 29.8 Å². The SMILES string of the molecule is O=C(NCC(O)C(F)(F)F)c1cccc(Cl)c1. The van der Waals surface area contributed by atoms with Crippen molar-refractivity contribution in [1.82, 2.24) is 5.32 Å². The predicted molar refractivity (Wildman–Crippen MR) is 55.8 cm³/mol. The molecule has 0 saturated heterocycles. The molecule has 0 aromatic heterocycles. The van der Waals surface area contributed by atoms with E-state index in [4.69, 9.17) is 16.7 Å². The van der Waals surface area contributed by atoms with Crippen molar-refractivity contribution < 1.29 is 23.1 Å². The number of aliphatic hydroxyl groups excluding tert-OH is 1. The minimum Gasteiger partial charge on any atom is -0.382 e. The van der Waals surface area contributed by atoms with Crippen molar-refractivity contribution in [2.75, 3.05) is 6.54 Å². The van der Waals surface area contributed by atoms with Gasteiger partial charge in [-0.3, -0.25) is 4.79 Å². The van der Waals surface area contributed by atoms with Crippen LogP contribution >= 0.6 is 11.6 Å². The van der Waals surface area contributed by atoms with Crippen LogP contribution in [0.3, 0.4) is 0 Å². The lowest BCUT2D eigenvalue weighted by molar-refractivity contribution is -0.201. The van der Waals surface area contributed by atoms with Gasteiger partial charge in [0.25, 0.3) is 5.91 Å². The Morgan fingerprint density at radius 1 is 1.47 bits per heavy atom. The zero-order valence-electron chi connectivity index (χ0n) is 8.46. The van der Waals surface area contributed by atoms with Gasteiger partial charge in [0, 0.05) is 10.6 Å². The first-order valence-electron chi connectivity index (χ1n) is 4.59. The van der Waals surface area contributed by atoms with Crippen molar-refractivity contribution in [2.45, 2.75) is 12.3 Å². The van der Waals surface area contributed by atoms with E-state index in [0.717, 1.165) is 0 Å². The van der Waals surface area contributed by atoms with Crippen LogP contribution in [0.5, 0.6) is 0 Å². The molecule has 0 aliphatic rings. The fourth-order valence-corrected chi connectivity index (χ4v) is 1.23. The van der Waals surface area contributed by atoms with Crippen molar-refractivity contribution >= 4 is 17.5 Å². The number of carbonyl (C=O) groups excluding carboxylic acids is 1. The molecule has 1 aromatic carbocycles. The monoisotopic (exact) mass is 267 g/mol. The van der Waals surface area contributed by atoms with E-state index in [0.29, 0.717) is 5.02 Å². The molecule has 1 rings (SSSR count). The number of aliphatic hydroxyl groups is 1. The van der Waals surface area contributed by atoms with E-state index in [-0.39, 0.29) is 5.56 Å². The Morgan fingerprint density at radius 2 is 2.12 bits per heavy atom. The van der Waals surface area contributed by atoms with Crippen LogP contribution < -0.4 is 5.32 Å². The number of benzene rings is 1. The third kappa shape index (κ3) is 4.24. The fourth-order valence-electron chi connectivity index (χ4n) is 1.04. The van der Waals surface area contributed by atoms with E-state index in [9.17, 15) is 18.0 Å². The second-order valence-electron chi connectivity index (χ2n) is 3.28. The van der Waals surface area contributed by atoms with Gasteiger partial charge in [-0.15, -0.1) is 0 Å². The molecule has 1 amide bonds. The highest BCUT2D eigenvalue weighted by molar-refractivity contribution is 6.30. The molecule has 0 fully saturated rings. The van der Waals surface area contributed by atoms with Crippen LogP contribution in [-0.2, 0) is 0 Å². The first-order valence-corrected chi connectivity index (χ1v) is 4.97. The third-order valence-electron chi connectivity index (χ3n) is 1.92. The Hall–Kier alpha value is -1.27. The molecule has 0 aliphatic carbocycles. The number of alkyl halides is 3. The van der Waals surface area contributed by atoms with E-state index >= 15 is 0 Å². The Kier molecular flexibility index (Phi) is 4.36. The molecule has 0 spiro atoms. The van der Waals surface area contributed by atoms with Crippen LogP contribution in [0.15, 0.2) is 24.3 Å². The molecular weight excluding hydrogens is 259 g/mol. The van der Waals surface area contributed by atoms with Crippen LogP contribution in [0.4, 0.5) is 13.2 Å². The number of hydrogen-bond donors (Lipinski definition) is 2. The van der Waals surface area contributed by atoms with Gasteiger partial charge >= 0.3 is 6.18 Å². The molecule has 94 valence electrons. The lowest BCUT2D eigenvalue weighted by atomic mass is 10.2. The summed E-state index contributed by atoms with van der Waals surface area (Å²) >= 11 is 5.61. The fraction of sp³-hybridized carbons (Fsp3) is 0.300. The van der Waals surface area contributed by atoms with E-state index in [2.05, 4.69) is 0 Å². The lowest BCUT2D eigenvalue weighted by Gasteiger charge is -2.14. The van der Waals surface area contributed by atoms with Gasteiger partial charge in [0.05, 0.1) is 6.54 Å². The summed E-state index contributed by atoms with van der Waals surface area (Å²) in [6.45, 7) is -0.894. The van der Waals surface area contributed by atoms with E-state index in [1.165, 1.54) is 24.3 Å². The number of carbonyl (C=O) groups is 1. The van der Waals surface area contributed by atoms with Crippen LogP contribution in [0.25, 0.3) is 0 Å². The van der Waals surface area contributed by atoms with Gasteiger partial charge in [0.15, 0.2) is 6.10 Å². The molecule has 0 heterocycles. The predicted octanol–water partition coefficient (Wildman–Crippen LogP) is 1.99. The first kappa shape index (κ1) is 13.8. The molecule has 0 bridgehead atoms. The first-order chi connectivity index (χ1) is 7.80. The molecule has 1 atom stereocenters. The van der Waals surface area contributed by atoms with E-state index in [1.54, 1.807) is 0 Å². The maximum absolute atomic E-state index is 11.9. The van der Waals surface area contributed by atoms with Gasteiger partial charge in [0.2, 0.25) is 0 Å². The summed E-state index contributed by atoms with van der Waals surface area (Å²) in [4.78, 5) is 11.4. The molecule has 7 heteroatoms. The maximum Gasteiger partial charge on any atom is 0.416 e. The zero-order chi connectivity index (χ0) is 13.1. The van der Waals surface area contributed by atoms with E-state index in [1.807, 2.05) is 5.32 Å². The lowest BCUT2D eigenvalue weighted by Crippen LogP contribution is -2.40. The molecule has 1 unspecified atom stereocenters.